The summed E-state index contributed by atoms with van der Waals surface area (Å²) in [5, 5.41) is 17.2. The molecule has 2 N–H and O–H groups in total. The molecule has 1 aliphatic rings. The van der Waals surface area contributed by atoms with Crippen molar-refractivity contribution in [1.29, 1.82) is 0 Å². The van der Waals surface area contributed by atoms with Gasteiger partial charge >= 0.3 is 0 Å². The van der Waals surface area contributed by atoms with E-state index >= 15 is 0 Å². The molecule has 1 atom stereocenters. The summed E-state index contributed by atoms with van der Waals surface area (Å²) in [4.78, 5) is 22.4. The predicted octanol–water partition coefficient (Wildman–Crippen LogP) is 1.98. The van der Waals surface area contributed by atoms with Gasteiger partial charge in [-0.15, -0.1) is 0 Å². The van der Waals surface area contributed by atoms with E-state index in [4.69, 9.17) is 11.6 Å². The number of nitrogens with zero attached hydrogens (tertiary/aromatic N) is 1. The fourth-order valence-electron chi connectivity index (χ4n) is 2.28. The summed E-state index contributed by atoms with van der Waals surface area (Å²) in [6.07, 6.45) is 2.13. The van der Waals surface area contributed by atoms with E-state index in [1.807, 2.05) is 0 Å². The number of rotatable bonds is 4. The highest BCUT2D eigenvalue weighted by Gasteiger charge is 2.21. The fourth-order valence-corrected chi connectivity index (χ4v) is 2.45. The van der Waals surface area contributed by atoms with E-state index in [0.717, 1.165) is 25.9 Å². The van der Waals surface area contributed by atoms with E-state index in [0.29, 0.717) is 17.5 Å². The summed E-state index contributed by atoms with van der Waals surface area (Å²) in [5.41, 5.74) is -0.222. The standard InChI is InChI=1S/C13H16ClN3O3/c14-10-3-4-12(17(19)20)11(6-10)13(18)16-8-9-2-1-5-15-7-9/h3-4,6,9,15H,1-2,5,7-8H2,(H,16,18). The van der Waals surface area contributed by atoms with Crippen LogP contribution in [-0.4, -0.2) is 30.5 Å². The molecule has 1 amide bonds. The van der Waals surface area contributed by atoms with E-state index < -0.39 is 10.8 Å². The van der Waals surface area contributed by atoms with Crippen molar-refractivity contribution in [2.75, 3.05) is 19.6 Å². The maximum Gasteiger partial charge on any atom is 0.282 e. The zero-order chi connectivity index (χ0) is 14.5. The van der Waals surface area contributed by atoms with Crippen molar-refractivity contribution >= 4 is 23.2 Å². The number of hydrogen-bond donors (Lipinski definition) is 2. The van der Waals surface area contributed by atoms with Crippen molar-refractivity contribution < 1.29 is 9.72 Å². The first-order valence-corrected chi connectivity index (χ1v) is 6.88. The molecule has 1 aromatic carbocycles. The Morgan fingerprint density at radius 2 is 2.35 bits per heavy atom. The first-order chi connectivity index (χ1) is 9.58. The lowest BCUT2D eigenvalue weighted by molar-refractivity contribution is -0.385. The lowest BCUT2D eigenvalue weighted by Gasteiger charge is -2.22. The molecule has 2 rings (SSSR count). The van der Waals surface area contributed by atoms with E-state index in [-0.39, 0.29) is 11.3 Å². The third kappa shape index (κ3) is 3.68. The number of carbonyl (C=O) groups excluding carboxylic acids is 1. The Balaban J connectivity index is 2.04. The topological polar surface area (TPSA) is 84.3 Å². The number of nitrogens with one attached hydrogen (secondary N) is 2. The van der Waals surface area contributed by atoms with Crippen molar-refractivity contribution in [3.63, 3.8) is 0 Å². The van der Waals surface area contributed by atoms with Crippen LogP contribution in [0.1, 0.15) is 23.2 Å². The molecule has 0 spiro atoms. The number of benzene rings is 1. The number of halogens is 1. The molecule has 1 heterocycles. The van der Waals surface area contributed by atoms with Crippen LogP contribution >= 0.6 is 11.6 Å². The van der Waals surface area contributed by atoms with Crippen LogP contribution in [0.2, 0.25) is 5.02 Å². The fraction of sp³-hybridized carbons (Fsp3) is 0.462. The quantitative estimate of drug-likeness (QED) is 0.657. The molecular weight excluding hydrogens is 282 g/mol. The number of nitro groups is 1. The smallest absolute Gasteiger partial charge is 0.282 e. The van der Waals surface area contributed by atoms with Crippen LogP contribution in [0.25, 0.3) is 0 Å². The Labute approximate surface area is 121 Å². The summed E-state index contributed by atoms with van der Waals surface area (Å²) in [6.45, 7) is 2.37. The van der Waals surface area contributed by atoms with Crippen molar-refractivity contribution in [2.24, 2.45) is 5.92 Å². The van der Waals surface area contributed by atoms with Crippen molar-refractivity contribution in [1.82, 2.24) is 10.6 Å². The second kappa shape index (κ2) is 6.67. The normalized spacial score (nSPS) is 18.6. The number of hydrogen-bond acceptors (Lipinski definition) is 4. The Hall–Kier alpha value is -1.66. The van der Waals surface area contributed by atoms with Gasteiger partial charge in [-0.1, -0.05) is 11.6 Å². The van der Waals surface area contributed by atoms with Crippen LogP contribution in [-0.2, 0) is 0 Å². The molecule has 0 radical (unpaired) electrons. The summed E-state index contributed by atoms with van der Waals surface area (Å²) >= 11 is 5.80. The lowest BCUT2D eigenvalue weighted by atomic mass is 9.99. The first kappa shape index (κ1) is 14.7. The minimum atomic E-state index is -0.576. The Bertz CT molecular complexity index is 516. The molecule has 7 heteroatoms. The largest absolute Gasteiger partial charge is 0.351 e. The molecule has 108 valence electrons. The Kier molecular flexibility index (Phi) is 4.92. The van der Waals surface area contributed by atoms with E-state index in [9.17, 15) is 14.9 Å². The molecule has 1 unspecified atom stereocenters. The molecular formula is C13H16ClN3O3. The molecule has 6 nitrogen and oxygen atoms in total. The average molecular weight is 298 g/mol. The highest BCUT2D eigenvalue weighted by atomic mass is 35.5. The second-order valence-corrected chi connectivity index (χ2v) is 5.28. The molecule has 0 aromatic heterocycles. The van der Waals surface area contributed by atoms with Gasteiger partial charge in [0.1, 0.15) is 5.56 Å². The number of nitro benzene ring substituents is 1. The van der Waals surface area contributed by atoms with Crippen LogP contribution in [0.3, 0.4) is 0 Å². The summed E-state index contributed by atoms with van der Waals surface area (Å²) in [5.74, 6) is -0.0873. The second-order valence-electron chi connectivity index (χ2n) is 4.84. The van der Waals surface area contributed by atoms with Gasteiger partial charge in [0, 0.05) is 17.6 Å². The molecule has 0 saturated carbocycles. The van der Waals surface area contributed by atoms with Gasteiger partial charge in [0.25, 0.3) is 11.6 Å². The third-order valence-electron chi connectivity index (χ3n) is 3.35. The van der Waals surface area contributed by atoms with Gasteiger partial charge < -0.3 is 10.6 Å². The van der Waals surface area contributed by atoms with E-state index in [1.165, 1.54) is 18.2 Å². The number of carbonyl (C=O) groups is 1. The summed E-state index contributed by atoms with van der Waals surface area (Å²) in [7, 11) is 0. The molecule has 0 bridgehead atoms. The van der Waals surface area contributed by atoms with Gasteiger partial charge in [0.05, 0.1) is 4.92 Å². The molecule has 1 saturated heterocycles. The van der Waals surface area contributed by atoms with Gasteiger partial charge in [-0.3, -0.25) is 14.9 Å². The SMILES string of the molecule is O=C(NCC1CCCNC1)c1cc(Cl)ccc1[N+](=O)[O-]. The highest BCUT2D eigenvalue weighted by Crippen LogP contribution is 2.22. The Morgan fingerprint density at radius 3 is 3.00 bits per heavy atom. The van der Waals surface area contributed by atoms with Crippen LogP contribution in [0.4, 0.5) is 5.69 Å². The maximum absolute atomic E-state index is 12.1. The Morgan fingerprint density at radius 1 is 1.55 bits per heavy atom. The molecule has 1 aromatic rings. The maximum atomic E-state index is 12.1. The summed E-state index contributed by atoms with van der Waals surface area (Å²) in [6, 6.07) is 3.98. The van der Waals surface area contributed by atoms with Crippen LogP contribution < -0.4 is 10.6 Å². The monoisotopic (exact) mass is 297 g/mol. The molecule has 20 heavy (non-hydrogen) atoms. The predicted molar refractivity (Wildman–Crippen MR) is 76.0 cm³/mol. The highest BCUT2D eigenvalue weighted by molar-refractivity contribution is 6.31. The van der Waals surface area contributed by atoms with Gasteiger partial charge in [0.15, 0.2) is 0 Å². The third-order valence-corrected chi connectivity index (χ3v) is 3.59. The lowest BCUT2D eigenvalue weighted by Crippen LogP contribution is -2.38. The van der Waals surface area contributed by atoms with Gasteiger partial charge in [-0.05, 0) is 44.0 Å². The zero-order valence-electron chi connectivity index (χ0n) is 10.9. The van der Waals surface area contributed by atoms with Crippen LogP contribution in [0.15, 0.2) is 18.2 Å². The minimum absolute atomic E-state index is 0.00580. The first-order valence-electron chi connectivity index (χ1n) is 6.51. The molecule has 1 fully saturated rings. The van der Waals surface area contributed by atoms with Crippen molar-refractivity contribution in [3.8, 4) is 0 Å². The number of amides is 1. The number of piperidine rings is 1. The van der Waals surface area contributed by atoms with Gasteiger partial charge in [-0.25, -0.2) is 0 Å². The zero-order valence-corrected chi connectivity index (χ0v) is 11.7. The van der Waals surface area contributed by atoms with E-state index in [1.54, 1.807) is 0 Å². The van der Waals surface area contributed by atoms with Gasteiger partial charge in [-0.2, -0.15) is 0 Å². The minimum Gasteiger partial charge on any atom is -0.351 e. The van der Waals surface area contributed by atoms with Crippen molar-refractivity contribution in [3.05, 3.63) is 38.9 Å². The van der Waals surface area contributed by atoms with Gasteiger partial charge in [0.2, 0.25) is 0 Å². The van der Waals surface area contributed by atoms with Crippen LogP contribution in [0.5, 0.6) is 0 Å². The average Bonchev–Trinajstić information content (AvgIpc) is 2.45. The van der Waals surface area contributed by atoms with Crippen molar-refractivity contribution in [2.45, 2.75) is 12.8 Å². The van der Waals surface area contributed by atoms with E-state index in [2.05, 4.69) is 10.6 Å². The molecule has 1 aliphatic heterocycles. The molecule has 0 aliphatic carbocycles. The summed E-state index contributed by atoms with van der Waals surface area (Å²) < 4.78 is 0. The van der Waals surface area contributed by atoms with Crippen LogP contribution in [0, 0.1) is 16.0 Å².